The summed E-state index contributed by atoms with van der Waals surface area (Å²) in [6.07, 6.45) is 6.28. The van der Waals surface area contributed by atoms with Gasteiger partial charge in [0.05, 0.1) is 0 Å². The van der Waals surface area contributed by atoms with E-state index in [0.29, 0.717) is 18.2 Å². The largest absolute Gasteiger partial charge is 0.339 e. The molecule has 2 rings (SSSR count). The van der Waals surface area contributed by atoms with Crippen LogP contribution in [0.25, 0.3) is 0 Å². The van der Waals surface area contributed by atoms with Crippen LogP contribution in [0.4, 0.5) is 0 Å². The SMILES string of the molecule is CC(c1noc(CC2CCCCC2N)n1)S(C)(=O)=O. The first-order chi connectivity index (χ1) is 8.88. The number of sulfone groups is 1. The average molecular weight is 287 g/mol. The number of hydrogen-bond acceptors (Lipinski definition) is 6. The van der Waals surface area contributed by atoms with Crippen molar-refractivity contribution in [3.63, 3.8) is 0 Å². The van der Waals surface area contributed by atoms with Crippen LogP contribution < -0.4 is 5.73 Å². The van der Waals surface area contributed by atoms with E-state index in [-0.39, 0.29) is 11.9 Å². The third-order valence-corrected chi connectivity index (χ3v) is 5.39. The predicted molar refractivity (Wildman–Crippen MR) is 71.2 cm³/mol. The lowest BCUT2D eigenvalue weighted by Crippen LogP contribution is -2.34. The molecule has 1 fully saturated rings. The Kier molecular flexibility index (Phi) is 4.25. The maximum absolute atomic E-state index is 11.4. The van der Waals surface area contributed by atoms with Crippen LogP contribution in [0.5, 0.6) is 0 Å². The minimum absolute atomic E-state index is 0.177. The fraction of sp³-hybridized carbons (Fsp3) is 0.833. The lowest BCUT2D eigenvalue weighted by molar-refractivity contribution is 0.272. The van der Waals surface area contributed by atoms with Gasteiger partial charge < -0.3 is 10.3 Å². The Morgan fingerprint density at radius 2 is 2.11 bits per heavy atom. The normalized spacial score (nSPS) is 26.3. The number of nitrogens with zero attached hydrogens (tertiary/aromatic N) is 2. The fourth-order valence-corrected chi connectivity index (χ4v) is 2.90. The van der Waals surface area contributed by atoms with Crippen molar-refractivity contribution in [2.24, 2.45) is 11.7 Å². The monoisotopic (exact) mass is 287 g/mol. The Bertz CT molecular complexity index is 526. The Balaban J connectivity index is 2.05. The van der Waals surface area contributed by atoms with E-state index in [1.807, 2.05) is 0 Å². The lowest BCUT2D eigenvalue weighted by atomic mass is 9.83. The second-order valence-electron chi connectivity index (χ2n) is 5.43. The molecule has 19 heavy (non-hydrogen) atoms. The summed E-state index contributed by atoms with van der Waals surface area (Å²) in [6.45, 7) is 1.57. The van der Waals surface area contributed by atoms with Crippen LogP contribution in [0.1, 0.15) is 49.6 Å². The van der Waals surface area contributed by atoms with Crippen molar-refractivity contribution < 1.29 is 12.9 Å². The van der Waals surface area contributed by atoms with Crippen molar-refractivity contribution in [2.75, 3.05) is 6.26 Å². The summed E-state index contributed by atoms with van der Waals surface area (Å²) in [7, 11) is -3.20. The number of aromatic nitrogens is 2. The maximum atomic E-state index is 11.4. The van der Waals surface area contributed by atoms with Gasteiger partial charge in [-0.25, -0.2) is 8.42 Å². The van der Waals surface area contributed by atoms with Crippen LogP contribution in [0, 0.1) is 5.92 Å². The Morgan fingerprint density at radius 1 is 1.42 bits per heavy atom. The second-order valence-corrected chi connectivity index (χ2v) is 7.80. The van der Waals surface area contributed by atoms with Crippen molar-refractivity contribution >= 4 is 9.84 Å². The van der Waals surface area contributed by atoms with Crippen molar-refractivity contribution in [3.8, 4) is 0 Å². The summed E-state index contributed by atoms with van der Waals surface area (Å²) in [6, 6.07) is 0.177. The van der Waals surface area contributed by atoms with Gasteiger partial charge in [-0.15, -0.1) is 0 Å². The van der Waals surface area contributed by atoms with E-state index in [1.165, 1.54) is 19.1 Å². The molecule has 1 heterocycles. The average Bonchev–Trinajstić information content (AvgIpc) is 2.78. The second kappa shape index (κ2) is 5.58. The van der Waals surface area contributed by atoms with Crippen LogP contribution in [-0.4, -0.2) is 30.9 Å². The van der Waals surface area contributed by atoms with Gasteiger partial charge in [0.15, 0.2) is 15.7 Å². The van der Waals surface area contributed by atoms with Crippen molar-refractivity contribution in [3.05, 3.63) is 11.7 Å². The summed E-state index contributed by atoms with van der Waals surface area (Å²) in [4.78, 5) is 4.19. The van der Waals surface area contributed by atoms with Crippen LogP contribution in [-0.2, 0) is 16.3 Å². The zero-order valence-corrected chi connectivity index (χ0v) is 12.2. The molecule has 1 aliphatic carbocycles. The Morgan fingerprint density at radius 3 is 2.74 bits per heavy atom. The van der Waals surface area contributed by atoms with Gasteiger partial charge in [0.25, 0.3) is 0 Å². The van der Waals surface area contributed by atoms with Gasteiger partial charge in [0.2, 0.25) is 5.89 Å². The quantitative estimate of drug-likeness (QED) is 0.894. The van der Waals surface area contributed by atoms with E-state index < -0.39 is 15.1 Å². The molecule has 1 aromatic rings. The highest BCUT2D eigenvalue weighted by molar-refractivity contribution is 7.90. The topological polar surface area (TPSA) is 99.1 Å². The molecule has 0 radical (unpaired) electrons. The highest BCUT2D eigenvalue weighted by atomic mass is 32.2. The molecule has 3 unspecified atom stereocenters. The summed E-state index contributed by atoms with van der Waals surface area (Å²) >= 11 is 0. The van der Waals surface area contributed by atoms with Gasteiger partial charge in [-0.05, 0) is 25.7 Å². The van der Waals surface area contributed by atoms with E-state index >= 15 is 0 Å². The molecule has 7 heteroatoms. The highest BCUT2D eigenvalue weighted by Crippen LogP contribution is 2.26. The molecule has 0 amide bonds. The molecule has 0 spiro atoms. The fourth-order valence-electron chi connectivity index (χ4n) is 2.42. The first-order valence-corrected chi connectivity index (χ1v) is 8.60. The molecule has 0 aromatic carbocycles. The molecule has 0 saturated heterocycles. The first-order valence-electron chi connectivity index (χ1n) is 6.65. The van der Waals surface area contributed by atoms with Crippen molar-refractivity contribution in [1.82, 2.24) is 10.1 Å². The summed E-state index contributed by atoms with van der Waals surface area (Å²) in [5, 5.41) is 3.04. The van der Waals surface area contributed by atoms with Gasteiger partial charge in [-0.2, -0.15) is 4.98 Å². The van der Waals surface area contributed by atoms with E-state index in [9.17, 15) is 8.42 Å². The number of hydrogen-bond donors (Lipinski definition) is 1. The van der Waals surface area contributed by atoms with Gasteiger partial charge in [-0.3, -0.25) is 0 Å². The van der Waals surface area contributed by atoms with E-state index in [2.05, 4.69) is 10.1 Å². The molecular weight excluding hydrogens is 266 g/mol. The van der Waals surface area contributed by atoms with Gasteiger partial charge in [-0.1, -0.05) is 18.0 Å². The standard InChI is InChI=1S/C12H21N3O3S/c1-8(19(2,16)17)12-14-11(18-15-12)7-9-5-3-4-6-10(9)13/h8-10H,3-7,13H2,1-2H3. The van der Waals surface area contributed by atoms with Crippen LogP contribution in [0.15, 0.2) is 4.52 Å². The molecule has 108 valence electrons. The molecule has 6 nitrogen and oxygen atoms in total. The first kappa shape index (κ1) is 14.5. The van der Waals surface area contributed by atoms with Crippen LogP contribution in [0.2, 0.25) is 0 Å². The third-order valence-electron chi connectivity index (χ3n) is 3.89. The summed E-state index contributed by atoms with van der Waals surface area (Å²) in [5.74, 6) is 1.09. The molecule has 0 bridgehead atoms. The summed E-state index contributed by atoms with van der Waals surface area (Å²) < 4.78 is 28.0. The van der Waals surface area contributed by atoms with Gasteiger partial charge in [0, 0.05) is 18.7 Å². The van der Waals surface area contributed by atoms with Crippen molar-refractivity contribution in [2.45, 2.75) is 50.3 Å². The van der Waals surface area contributed by atoms with Crippen molar-refractivity contribution in [1.29, 1.82) is 0 Å². The third kappa shape index (κ3) is 3.54. The predicted octanol–water partition coefficient (Wildman–Crippen LogP) is 1.24. The highest BCUT2D eigenvalue weighted by Gasteiger charge is 2.27. The number of nitrogens with two attached hydrogens (primary N) is 1. The van der Waals surface area contributed by atoms with Crippen LogP contribution in [0.3, 0.4) is 0 Å². The molecule has 0 aliphatic heterocycles. The van der Waals surface area contributed by atoms with Gasteiger partial charge >= 0.3 is 0 Å². The van der Waals surface area contributed by atoms with Gasteiger partial charge in [0.1, 0.15) is 5.25 Å². The minimum Gasteiger partial charge on any atom is -0.339 e. The molecular formula is C12H21N3O3S. The molecule has 2 N–H and O–H groups in total. The zero-order chi connectivity index (χ0) is 14.0. The zero-order valence-electron chi connectivity index (χ0n) is 11.4. The molecule has 1 aliphatic rings. The Hall–Kier alpha value is -0.950. The molecule has 3 atom stereocenters. The smallest absolute Gasteiger partial charge is 0.227 e. The number of rotatable bonds is 4. The van der Waals surface area contributed by atoms with E-state index in [1.54, 1.807) is 6.92 Å². The molecule has 1 saturated carbocycles. The van der Waals surface area contributed by atoms with Crippen LogP contribution >= 0.6 is 0 Å². The van der Waals surface area contributed by atoms with E-state index in [4.69, 9.17) is 10.3 Å². The van der Waals surface area contributed by atoms with E-state index in [0.717, 1.165) is 12.8 Å². The lowest BCUT2D eigenvalue weighted by Gasteiger charge is -2.27. The summed E-state index contributed by atoms with van der Waals surface area (Å²) in [5.41, 5.74) is 6.08. The molecule has 1 aromatic heterocycles. The minimum atomic E-state index is -3.20. The Labute approximate surface area is 113 Å². The maximum Gasteiger partial charge on any atom is 0.227 e.